The predicted octanol–water partition coefficient (Wildman–Crippen LogP) is 3.04. The van der Waals surface area contributed by atoms with Gasteiger partial charge in [-0.25, -0.2) is 4.98 Å². The summed E-state index contributed by atoms with van der Waals surface area (Å²) in [4.78, 5) is 8.54. The number of rotatable bonds is 5. The molecule has 0 aliphatic carbocycles. The number of fused-ring (bicyclic) bond motifs is 1. The minimum absolute atomic E-state index is 0.0108. The number of morpholine rings is 1. The lowest BCUT2D eigenvalue weighted by atomic mass is 10.0. The first-order chi connectivity index (χ1) is 12.7. The van der Waals surface area contributed by atoms with Gasteiger partial charge in [-0.1, -0.05) is 49.4 Å². The second-order valence-electron chi connectivity index (χ2n) is 6.51. The van der Waals surface area contributed by atoms with Crippen molar-refractivity contribution in [3.8, 4) is 5.88 Å². The Bertz CT molecular complexity index is 881. The van der Waals surface area contributed by atoms with Gasteiger partial charge in [0, 0.05) is 19.5 Å². The SMILES string of the molecule is CCc1ccc(C(c2sc3nc(CC)nn3c2O)N2CCOCC2)cc1. The van der Waals surface area contributed by atoms with Crippen LogP contribution in [0.15, 0.2) is 24.3 Å². The Balaban J connectivity index is 1.78. The van der Waals surface area contributed by atoms with E-state index in [0.29, 0.717) is 13.2 Å². The first-order valence-corrected chi connectivity index (χ1v) is 10.0. The van der Waals surface area contributed by atoms with Gasteiger partial charge in [0.25, 0.3) is 0 Å². The van der Waals surface area contributed by atoms with Crippen LogP contribution in [-0.2, 0) is 17.6 Å². The first-order valence-electron chi connectivity index (χ1n) is 9.19. The van der Waals surface area contributed by atoms with Crippen molar-refractivity contribution < 1.29 is 9.84 Å². The number of benzene rings is 1. The number of ether oxygens (including phenoxy) is 1. The van der Waals surface area contributed by atoms with Gasteiger partial charge in [-0.05, 0) is 17.5 Å². The zero-order chi connectivity index (χ0) is 18.1. The third-order valence-electron chi connectivity index (χ3n) is 4.92. The molecule has 26 heavy (non-hydrogen) atoms. The van der Waals surface area contributed by atoms with Crippen LogP contribution in [0.5, 0.6) is 5.88 Å². The van der Waals surface area contributed by atoms with E-state index in [1.165, 1.54) is 22.5 Å². The van der Waals surface area contributed by atoms with Crippen molar-refractivity contribution in [3.63, 3.8) is 0 Å². The summed E-state index contributed by atoms with van der Waals surface area (Å²) >= 11 is 1.52. The summed E-state index contributed by atoms with van der Waals surface area (Å²) in [6.45, 7) is 7.28. The fourth-order valence-electron chi connectivity index (χ4n) is 3.42. The van der Waals surface area contributed by atoms with Gasteiger partial charge in [0.1, 0.15) is 0 Å². The highest BCUT2D eigenvalue weighted by Crippen LogP contribution is 2.40. The molecule has 7 heteroatoms. The summed E-state index contributed by atoms with van der Waals surface area (Å²) in [5, 5.41) is 15.3. The lowest BCUT2D eigenvalue weighted by Crippen LogP contribution is -2.39. The van der Waals surface area contributed by atoms with Crippen LogP contribution >= 0.6 is 11.3 Å². The smallest absolute Gasteiger partial charge is 0.230 e. The summed E-state index contributed by atoms with van der Waals surface area (Å²) in [6, 6.07) is 8.68. The molecule has 1 aliphatic rings. The topological polar surface area (TPSA) is 62.9 Å². The Morgan fingerprint density at radius 3 is 2.50 bits per heavy atom. The molecule has 138 valence electrons. The standard InChI is InChI=1S/C19H24N4O2S/c1-3-13-5-7-14(8-6-13)16(22-9-11-25-12-10-22)17-18(24)23-19(26-17)20-15(4-2)21-23/h5-8,16,24H,3-4,9-12H2,1-2H3. The van der Waals surface area contributed by atoms with Crippen LogP contribution in [-0.4, -0.2) is 50.9 Å². The summed E-state index contributed by atoms with van der Waals surface area (Å²) in [5.41, 5.74) is 2.49. The number of thiazole rings is 1. The van der Waals surface area contributed by atoms with Crippen molar-refractivity contribution in [2.24, 2.45) is 0 Å². The number of aromatic nitrogens is 3. The molecule has 3 aromatic rings. The van der Waals surface area contributed by atoms with Crippen LogP contribution in [0.2, 0.25) is 0 Å². The molecule has 0 amide bonds. The molecular weight excluding hydrogens is 348 g/mol. The van der Waals surface area contributed by atoms with Gasteiger partial charge in [0.05, 0.1) is 24.1 Å². The van der Waals surface area contributed by atoms with Crippen LogP contribution in [0.1, 0.15) is 41.7 Å². The molecular formula is C19H24N4O2S. The number of hydrogen-bond acceptors (Lipinski definition) is 6. The minimum Gasteiger partial charge on any atom is -0.492 e. The van der Waals surface area contributed by atoms with Gasteiger partial charge in [-0.3, -0.25) is 4.90 Å². The van der Waals surface area contributed by atoms with E-state index in [-0.39, 0.29) is 11.9 Å². The predicted molar refractivity (Wildman–Crippen MR) is 102 cm³/mol. The average molecular weight is 372 g/mol. The normalized spacial score (nSPS) is 17.0. The van der Waals surface area contributed by atoms with Crippen LogP contribution in [0.4, 0.5) is 0 Å². The van der Waals surface area contributed by atoms with Gasteiger partial charge < -0.3 is 9.84 Å². The highest BCUT2D eigenvalue weighted by atomic mass is 32.1. The third-order valence-corrected chi connectivity index (χ3v) is 6.00. The molecule has 2 aromatic heterocycles. The number of nitrogens with zero attached hydrogens (tertiary/aromatic N) is 4. The zero-order valence-electron chi connectivity index (χ0n) is 15.2. The average Bonchev–Trinajstić information content (AvgIpc) is 3.23. The molecule has 1 fully saturated rings. The van der Waals surface area contributed by atoms with Crippen molar-refractivity contribution >= 4 is 16.3 Å². The molecule has 1 aromatic carbocycles. The third kappa shape index (κ3) is 3.11. The van der Waals surface area contributed by atoms with Gasteiger partial charge in [0.15, 0.2) is 5.82 Å². The summed E-state index contributed by atoms with van der Waals surface area (Å²) in [7, 11) is 0. The monoisotopic (exact) mass is 372 g/mol. The van der Waals surface area contributed by atoms with E-state index in [4.69, 9.17) is 4.74 Å². The zero-order valence-corrected chi connectivity index (χ0v) is 16.0. The Labute approximate surface area is 157 Å². The van der Waals surface area contributed by atoms with E-state index in [2.05, 4.69) is 46.2 Å². The molecule has 0 bridgehead atoms. The van der Waals surface area contributed by atoms with E-state index >= 15 is 0 Å². The van der Waals surface area contributed by atoms with Gasteiger partial charge in [0.2, 0.25) is 10.8 Å². The Morgan fingerprint density at radius 1 is 1.15 bits per heavy atom. The van der Waals surface area contributed by atoms with Crippen molar-refractivity contribution in [1.82, 2.24) is 19.5 Å². The summed E-state index contributed by atoms with van der Waals surface area (Å²) < 4.78 is 7.11. The molecule has 0 spiro atoms. The van der Waals surface area contributed by atoms with E-state index in [1.807, 2.05) is 6.92 Å². The Morgan fingerprint density at radius 2 is 1.88 bits per heavy atom. The molecule has 1 N–H and O–H groups in total. The van der Waals surface area contributed by atoms with Crippen LogP contribution in [0.3, 0.4) is 0 Å². The molecule has 4 rings (SSSR count). The second-order valence-corrected chi connectivity index (χ2v) is 7.52. The molecule has 6 nitrogen and oxygen atoms in total. The van der Waals surface area contributed by atoms with E-state index in [1.54, 1.807) is 4.52 Å². The maximum Gasteiger partial charge on any atom is 0.230 e. The lowest BCUT2D eigenvalue weighted by Gasteiger charge is -2.34. The van der Waals surface area contributed by atoms with Gasteiger partial charge in [-0.15, -0.1) is 5.10 Å². The van der Waals surface area contributed by atoms with Crippen molar-refractivity contribution in [2.45, 2.75) is 32.7 Å². The fourth-order valence-corrected chi connectivity index (χ4v) is 4.55. The molecule has 3 heterocycles. The summed E-state index contributed by atoms with van der Waals surface area (Å²) in [5.74, 6) is 0.960. The maximum atomic E-state index is 10.9. The van der Waals surface area contributed by atoms with Gasteiger partial charge >= 0.3 is 0 Å². The molecule has 1 saturated heterocycles. The first kappa shape index (κ1) is 17.5. The maximum absolute atomic E-state index is 10.9. The van der Waals surface area contributed by atoms with Crippen LogP contribution in [0.25, 0.3) is 4.96 Å². The van der Waals surface area contributed by atoms with Crippen molar-refractivity contribution in [2.75, 3.05) is 26.3 Å². The number of aryl methyl sites for hydroxylation is 2. The van der Waals surface area contributed by atoms with Crippen molar-refractivity contribution in [1.29, 1.82) is 0 Å². The number of aromatic hydroxyl groups is 1. The minimum atomic E-state index is -0.0108. The second kappa shape index (κ2) is 7.34. The molecule has 1 atom stereocenters. The van der Waals surface area contributed by atoms with Crippen LogP contribution in [0, 0.1) is 0 Å². The Hall–Kier alpha value is -1.96. The molecule has 1 aliphatic heterocycles. The molecule has 0 radical (unpaired) electrons. The van der Waals surface area contributed by atoms with E-state index < -0.39 is 0 Å². The van der Waals surface area contributed by atoms with Crippen molar-refractivity contribution in [3.05, 3.63) is 46.1 Å². The highest BCUT2D eigenvalue weighted by Gasteiger charge is 2.30. The largest absolute Gasteiger partial charge is 0.492 e. The lowest BCUT2D eigenvalue weighted by molar-refractivity contribution is 0.0241. The van der Waals surface area contributed by atoms with Crippen LogP contribution < -0.4 is 0 Å². The van der Waals surface area contributed by atoms with Gasteiger partial charge in [-0.2, -0.15) is 4.52 Å². The Kier molecular flexibility index (Phi) is 4.93. The number of hydrogen-bond donors (Lipinski definition) is 1. The molecule has 1 unspecified atom stereocenters. The summed E-state index contributed by atoms with van der Waals surface area (Å²) in [6.07, 6.45) is 1.78. The van der Waals surface area contributed by atoms with E-state index in [0.717, 1.165) is 41.6 Å². The van der Waals surface area contributed by atoms with E-state index in [9.17, 15) is 5.11 Å². The molecule has 0 saturated carbocycles. The quantitative estimate of drug-likeness (QED) is 0.746. The highest BCUT2D eigenvalue weighted by molar-refractivity contribution is 7.17. The fraction of sp³-hybridized carbons (Fsp3) is 0.474.